The molecule has 3 fully saturated rings. The first kappa shape index (κ1) is 26.6. The second-order valence-corrected chi connectivity index (χ2v) is 10.3. The van der Waals surface area contributed by atoms with E-state index in [0.717, 1.165) is 0 Å². The fraction of sp³-hybridized carbons (Fsp3) is 0.593. The van der Waals surface area contributed by atoms with Gasteiger partial charge in [0.05, 0.1) is 47.9 Å². The Morgan fingerprint density at radius 1 is 1.39 bits per heavy atom. The molecule has 7 atom stereocenters. The number of likely N-dealkylation sites (tertiary alicyclic amines) is 1. The van der Waals surface area contributed by atoms with Gasteiger partial charge in [-0.1, -0.05) is 50.1 Å². The number of fused-ring (bicyclic) bond motifs is 1. The molecular weight excluding hydrogens is 484 g/mol. The first-order chi connectivity index (χ1) is 17.3. The molecule has 9 heteroatoms. The van der Waals surface area contributed by atoms with Crippen molar-refractivity contribution < 1.29 is 29.0 Å². The fourth-order valence-corrected chi connectivity index (χ4v) is 6.54. The number of anilines is 1. The van der Waals surface area contributed by atoms with Crippen molar-refractivity contribution in [1.82, 2.24) is 4.90 Å². The number of rotatable bonds is 10. The van der Waals surface area contributed by atoms with Gasteiger partial charge in [0.2, 0.25) is 5.91 Å². The highest BCUT2D eigenvalue weighted by atomic mass is 35.5. The molecule has 2 amide bonds. The summed E-state index contributed by atoms with van der Waals surface area (Å²) in [5, 5.41) is 10.8. The van der Waals surface area contributed by atoms with E-state index < -0.39 is 41.6 Å². The van der Waals surface area contributed by atoms with E-state index in [4.69, 9.17) is 21.1 Å². The second kappa shape index (κ2) is 10.5. The van der Waals surface area contributed by atoms with Crippen molar-refractivity contribution in [2.45, 2.75) is 63.8 Å². The average molecular weight is 519 g/mol. The van der Waals surface area contributed by atoms with Gasteiger partial charge in [0, 0.05) is 6.54 Å². The Balaban J connectivity index is 1.85. The number of hydrogen-bond acceptors (Lipinski definition) is 6. The number of hydrogen-bond donors (Lipinski definition) is 1. The number of benzene rings is 1. The molecular formula is C27H35ClN2O6. The lowest BCUT2D eigenvalue weighted by molar-refractivity contribution is -0.155. The number of aliphatic hydroxyl groups is 1. The van der Waals surface area contributed by atoms with E-state index in [-0.39, 0.29) is 37.5 Å². The molecule has 1 N–H and O–H groups in total. The van der Waals surface area contributed by atoms with Crippen LogP contribution < -0.4 is 4.90 Å². The summed E-state index contributed by atoms with van der Waals surface area (Å²) in [6.07, 6.45) is 2.81. The maximum Gasteiger partial charge on any atom is 0.312 e. The highest BCUT2D eigenvalue weighted by Crippen LogP contribution is 2.59. The molecule has 0 aliphatic carbocycles. The topological polar surface area (TPSA) is 96.4 Å². The lowest BCUT2D eigenvalue weighted by Crippen LogP contribution is -2.60. The van der Waals surface area contributed by atoms with Gasteiger partial charge in [-0.25, -0.2) is 0 Å². The van der Waals surface area contributed by atoms with E-state index in [2.05, 4.69) is 6.58 Å². The third-order valence-corrected chi connectivity index (χ3v) is 8.42. The first-order valence-electron chi connectivity index (χ1n) is 12.7. The van der Waals surface area contributed by atoms with E-state index in [1.807, 2.05) is 13.8 Å². The van der Waals surface area contributed by atoms with E-state index in [1.54, 1.807) is 37.3 Å². The molecule has 196 valence electrons. The SMILES string of the molecule is C=CCN(C(=O)[C@@H]1N([C@@H](CO)[C@@H](C)CC)C(=O)[C@H]2[C@H](C(=O)OCC)[C@@H]3CC[C@]12O3)c1ccccc1Cl. The van der Waals surface area contributed by atoms with Crippen molar-refractivity contribution >= 4 is 35.1 Å². The molecule has 0 radical (unpaired) electrons. The van der Waals surface area contributed by atoms with Gasteiger partial charge in [0.25, 0.3) is 5.91 Å². The number of esters is 1. The van der Waals surface area contributed by atoms with Gasteiger partial charge in [-0.2, -0.15) is 0 Å². The summed E-state index contributed by atoms with van der Waals surface area (Å²) in [4.78, 5) is 44.6. The minimum absolute atomic E-state index is 0.0871. The van der Waals surface area contributed by atoms with Gasteiger partial charge in [-0.15, -0.1) is 6.58 Å². The summed E-state index contributed by atoms with van der Waals surface area (Å²) in [7, 11) is 0. The molecule has 3 saturated heterocycles. The number of nitrogens with zero attached hydrogens (tertiary/aromatic N) is 2. The van der Waals surface area contributed by atoms with Crippen LogP contribution in [0.3, 0.4) is 0 Å². The number of aliphatic hydroxyl groups excluding tert-OH is 1. The zero-order valence-electron chi connectivity index (χ0n) is 21.1. The molecule has 0 aromatic heterocycles. The summed E-state index contributed by atoms with van der Waals surface area (Å²) in [5.74, 6) is -2.91. The first-order valence-corrected chi connectivity index (χ1v) is 13.1. The molecule has 0 unspecified atom stereocenters. The monoisotopic (exact) mass is 518 g/mol. The Morgan fingerprint density at radius 3 is 2.72 bits per heavy atom. The second-order valence-electron chi connectivity index (χ2n) is 9.88. The highest BCUT2D eigenvalue weighted by molar-refractivity contribution is 6.34. The Hall–Kier alpha value is -2.42. The quantitative estimate of drug-likeness (QED) is 0.377. The van der Waals surface area contributed by atoms with E-state index in [1.165, 1.54) is 9.80 Å². The molecule has 3 heterocycles. The lowest BCUT2D eigenvalue weighted by Gasteiger charge is -2.41. The Bertz CT molecular complexity index is 1030. The number of halogens is 1. The van der Waals surface area contributed by atoms with Crippen molar-refractivity contribution in [3.05, 3.63) is 41.9 Å². The minimum atomic E-state index is -1.18. The van der Waals surface area contributed by atoms with Crippen LogP contribution in [0.15, 0.2) is 36.9 Å². The van der Waals surface area contributed by atoms with Crippen LogP contribution in [0, 0.1) is 17.8 Å². The maximum absolute atomic E-state index is 14.5. The summed E-state index contributed by atoms with van der Waals surface area (Å²) in [6.45, 7) is 9.49. The normalized spacial score (nSPS) is 30.1. The van der Waals surface area contributed by atoms with Gasteiger partial charge >= 0.3 is 5.97 Å². The zero-order chi connectivity index (χ0) is 26.2. The van der Waals surface area contributed by atoms with Crippen LogP contribution in [-0.2, 0) is 23.9 Å². The summed E-state index contributed by atoms with van der Waals surface area (Å²) in [6, 6.07) is 5.36. The van der Waals surface area contributed by atoms with E-state index in [0.29, 0.717) is 30.0 Å². The predicted octanol–water partition coefficient (Wildman–Crippen LogP) is 3.20. The Morgan fingerprint density at radius 2 is 2.11 bits per heavy atom. The van der Waals surface area contributed by atoms with Crippen molar-refractivity contribution in [2.24, 2.45) is 17.8 Å². The molecule has 1 aromatic rings. The Kier molecular flexibility index (Phi) is 7.78. The average Bonchev–Trinajstić information content (AvgIpc) is 3.51. The maximum atomic E-state index is 14.5. The highest BCUT2D eigenvalue weighted by Gasteiger charge is 2.75. The van der Waals surface area contributed by atoms with Crippen molar-refractivity contribution in [1.29, 1.82) is 0 Å². The van der Waals surface area contributed by atoms with Gasteiger partial charge in [-0.05, 0) is 37.8 Å². The molecule has 4 rings (SSSR count). The third kappa shape index (κ3) is 4.03. The van der Waals surface area contributed by atoms with Crippen LogP contribution in [0.5, 0.6) is 0 Å². The van der Waals surface area contributed by atoms with Gasteiger partial charge in [-0.3, -0.25) is 14.4 Å². The largest absolute Gasteiger partial charge is 0.466 e. The number of carbonyl (C=O) groups excluding carboxylic acids is 3. The van der Waals surface area contributed by atoms with Crippen LogP contribution in [0.1, 0.15) is 40.0 Å². The third-order valence-electron chi connectivity index (χ3n) is 8.10. The molecule has 2 bridgehead atoms. The molecule has 36 heavy (non-hydrogen) atoms. The lowest BCUT2D eigenvalue weighted by atomic mass is 9.70. The van der Waals surface area contributed by atoms with Gasteiger partial charge in [0.15, 0.2) is 0 Å². The summed E-state index contributed by atoms with van der Waals surface area (Å²) in [5.41, 5.74) is -0.687. The predicted molar refractivity (Wildman–Crippen MR) is 135 cm³/mol. The summed E-state index contributed by atoms with van der Waals surface area (Å²) >= 11 is 6.48. The number of para-hydroxylation sites is 1. The van der Waals surface area contributed by atoms with Crippen LogP contribution in [0.4, 0.5) is 5.69 Å². The standard InChI is InChI=1S/C27H35ClN2O6/c1-5-14-29(18-11-9-8-10-17(18)28)25(33)23-27-13-12-20(36-27)21(26(34)35-7-3)22(27)24(32)30(23)19(15-31)16(4)6-2/h5,8-11,16,19-23,31H,1,6-7,12-15H2,2-4H3/t16-,19-,20-,21+,22+,23-,27+/m0/s1. The molecule has 8 nitrogen and oxygen atoms in total. The summed E-state index contributed by atoms with van der Waals surface area (Å²) < 4.78 is 11.8. The van der Waals surface area contributed by atoms with Crippen molar-refractivity contribution in [2.75, 3.05) is 24.7 Å². The molecule has 1 aromatic carbocycles. The van der Waals surface area contributed by atoms with Crippen molar-refractivity contribution in [3.8, 4) is 0 Å². The molecule has 3 aliphatic rings. The number of ether oxygens (including phenoxy) is 2. The van der Waals surface area contributed by atoms with E-state index in [9.17, 15) is 19.5 Å². The van der Waals surface area contributed by atoms with Crippen molar-refractivity contribution in [3.63, 3.8) is 0 Å². The van der Waals surface area contributed by atoms with Crippen LogP contribution in [0.25, 0.3) is 0 Å². The number of amides is 2. The van der Waals surface area contributed by atoms with Gasteiger partial charge in [0.1, 0.15) is 11.6 Å². The van der Waals surface area contributed by atoms with E-state index >= 15 is 0 Å². The minimum Gasteiger partial charge on any atom is -0.466 e. The molecule has 0 saturated carbocycles. The zero-order valence-corrected chi connectivity index (χ0v) is 21.8. The van der Waals surface area contributed by atoms with Gasteiger partial charge < -0.3 is 24.4 Å². The smallest absolute Gasteiger partial charge is 0.312 e. The van der Waals surface area contributed by atoms with Crippen LogP contribution in [-0.4, -0.2) is 71.3 Å². The van der Waals surface area contributed by atoms with Crippen LogP contribution >= 0.6 is 11.6 Å². The Labute approximate surface area is 217 Å². The molecule has 3 aliphatic heterocycles. The van der Waals surface area contributed by atoms with Crippen LogP contribution in [0.2, 0.25) is 5.02 Å². The fourth-order valence-electron chi connectivity index (χ4n) is 6.30. The molecule has 1 spiro atoms. The number of carbonyl (C=O) groups is 3.